The van der Waals surface area contributed by atoms with Gasteiger partial charge in [-0.05, 0) is 61.1 Å². The van der Waals surface area contributed by atoms with E-state index in [9.17, 15) is 31.7 Å². The first-order chi connectivity index (χ1) is 20.2. The number of fused-ring (bicyclic) bond motifs is 1. The van der Waals surface area contributed by atoms with Crippen LogP contribution in [-0.4, -0.2) is 49.8 Å². The number of nitro groups is 1. The second-order valence-electron chi connectivity index (χ2n) is 12.4. The first-order valence-electron chi connectivity index (χ1n) is 14.4. The van der Waals surface area contributed by atoms with Crippen LogP contribution in [0.4, 0.5) is 5.69 Å². The van der Waals surface area contributed by atoms with Crippen LogP contribution in [0, 0.1) is 32.8 Å². The molecule has 0 radical (unpaired) electrons. The Morgan fingerprint density at radius 3 is 2.47 bits per heavy atom. The van der Waals surface area contributed by atoms with E-state index in [4.69, 9.17) is 0 Å². The second kappa shape index (κ2) is 11.3. The number of non-ortho nitro benzene ring substituents is 1. The van der Waals surface area contributed by atoms with Crippen LogP contribution in [0.15, 0.2) is 78.2 Å². The zero-order valence-corrected chi connectivity index (χ0v) is 25.9. The summed E-state index contributed by atoms with van der Waals surface area (Å²) in [5.74, 6) is -1.46. The van der Waals surface area contributed by atoms with E-state index < -0.39 is 54.3 Å². The molecule has 1 saturated heterocycles. The molecule has 1 heterocycles. The van der Waals surface area contributed by atoms with Gasteiger partial charge in [0.15, 0.2) is 0 Å². The van der Waals surface area contributed by atoms with Crippen molar-refractivity contribution in [3.8, 4) is 0 Å². The standard InChI is InChI=1S/C31H37N3O7S2/c1-4-5-11-26(29(35)33-28-20-23-18-19-31(28,30(23,2)3)21-42(33,38)39)27(17-12-22-9-7-6-8-10-22)32-43(40,41)25-15-13-24(14-16-25)34(36)37/h4,6-10,12-17,23,26-28,32H,1,5,11,18-21H2,2-3H3/b17-12+/t23?,26-,27+,28?,31?/m0/s1. The number of amides is 1. The summed E-state index contributed by atoms with van der Waals surface area (Å²) < 4.78 is 58.3. The number of sulfonamides is 2. The van der Waals surface area contributed by atoms with Gasteiger partial charge in [0.2, 0.25) is 26.0 Å². The highest BCUT2D eigenvalue weighted by Gasteiger charge is 2.72. The number of carbonyl (C=O) groups is 1. The van der Waals surface area contributed by atoms with Gasteiger partial charge in [0.05, 0.1) is 33.6 Å². The number of carbonyl (C=O) groups excluding carboxylic acids is 1. The summed E-state index contributed by atoms with van der Waals surface area (Å²) in [4.78, 5) is 24.7. The Kier molecular flexibility index (Phi) is 8.16. The van der Waals surface area contributed by atoms with Crippen molar-refractivity contribution in [3.05, 3.63) is 89.0 Å². The summed E-state index contributed by atoms with van der Waals surface area (Å²) in [5, 5.41) is 11.1. The van der Waals surface area contributed by atoms with Gasteiger partial charge in [-0.1, -0.05) is 62.4 Å². The van der Waals surface area contributed by atoms with Crippen LogP contribution in [0.3, 0.4) is 0 Å². The normalized spacial score (nSPS) is 26.7. The van der Waals surface area contributed by atoms with Crippen molar-refractivity contribution in [1.29, 1.82) is 0 Å². The van der Waals surface area contributed by atoms with Gasteiger partial charge >= 0.3 is 0 Å². The fourth-order valence-corrected chi connectivity index (χ4v) is 11.3. The van der Waals surface area contributed by atoms with Gasteiger partial charge in [-0.15, -0.1) is 6.58 Å². The highest BCUT2D eigenvalue weighted by molar-refractivity contribution is 7.90. The molecule has 3 unspecified atom stereocenters. The Labute approximate surface area is 253 Å². The molecule has 1 spiro atoms. The maximum Gasteiger partial charge on any atom is 0.269 e. The number of nitrogens with zero attached hydrogens (tertiary/aromatic N) is 2. The quantitative estimate of drug-likeness (QED) is 0.212. The monoisotopic (exact) mass is 627 g/mol. The van der Waals surface area contributed by atoms with Gasteiger partial charge in [-0.3, -0.25) is 14.9 Å². The van der Waals surface area contributed by atoms with Crippen molar-refractivity contribution in [3.63, 3.8) is 0 Å². The molecule has 5 atom stereocenters. The largest absolute Gasteiger partial charge is 0.273 e. The summed E-state index contributed by atoms with van der Waals surface area (Å²) in [6, 6.07) is 12.0. The SMILES string of the molecule is C=CCC[C@H](C(=O)N1C2CC3CCC2(CS1(=O)=O)C3(C)C)[C@@H](/C=C/c1ccccc1)NS(=O)(=O)c1ccc([N+](=O)[O-])cc1. The fraction of sp³-hybridized carbons (Fsp3) is 0.452. The van der Waals surface area contributed by atoms with Crippen LogP contribution in [0.5, 0.6) is 0 Å². The predicted molar refractivity (Wildman–Crippen MR) is 164 cm³/mol. The molecule has 1 amide bonds. The molecule has 2 saturated carbocycles. The van der Waals surface area contributed by atoms with E-state index in [0.29, 0.717) is 18.8 Å². The molecule has 2 bridgehead atoms. The molecule has 0 aromatic heterocycles. The highest BCUT2D eigenvalue weighted by atomic mass is 32.2. The predicted octanol–water partition coefficient (Wildman–Crippen LogP) is 4.90. The Hall–Kier alpha value is -3.35. The lowest BCUT2D eigenvalue weighted by atomic mass is 9.69. The van der Waals surface area contributed by atoms with E-state index in [2.05, 4.69) is 25.1 Å². The number of benzene rings is 2. The van der Waals surface area contributed by atoms with Crippen molar-refractivity contribution >= 4 is 37.7 Å². The molecule has 12 heteroatoms. The van der Waals surface area contributed by atoms with Gasteiger partial charge < -0.3 is 0 Å². The molecular weight excluding hydrogens is 590 g/mol. The Bertz CT molecular complexity index is 1650. The number of hydrogen-bond acceptors (Lipinski definition) is 7. The summed E-state index contributed by atoms with van der Waals surface area (Å²) in [7, 11) is -8.22. The maximum absolute atomic E-state index is 14.5. The summed E-state index contributed by atoms with van der Waals surface area (Å²) in [5.41, 5.74) is -0.261. The number of nitrogens with one attached hydrogen (secondary N) is 1. The number of rotatable bonds is 11. The Balaban J connectivity index is 1.54. The number of allylic oxidation sites excluding steroid dienone is 1. The van der Waals surface area contributed by atoms with E-state index in [-0.39, 0.29) is 28.2 Å². The van der Waals surface area contributed by atoms with Crippen LogP contribution in [0.25, 0.3) is 6.08 Å². The lowest BCUT2D eigenvalue weighted by Gasteiger charge is -2.38. The molecule has 43 heavy (non-hydrogen) atoms. The zero-order valence-electron chi connectivity index (χ0n) is 24.3. The van der Waals surface area contributed by atoms with Crippen molar-refractivity contribution < 1.29 is 26.6 Å². The molecule has 3 fully saturated rings. The van der Waals surface area contributed by atoms with Gasteiger partial charge in [0, 0.05) is 17.5 Å². The van der Waals surface area contributed by atoms with Crippen molar-refractivity contribution in [2.75, 3.05) is 5.75 Å². The molecule has 10 nitrogen and oxygen atoms in total. The average Bonchev–Trinajstić information content (AvgIpc) is 3.44. The lowest BCUT2D eigenvalue weighted by Crippen LogP contribution is -2.51. The van der Waals surface area contributed by atoms with Gasteiger partial charge in [-0.25, -0.2) is 25.9 Å². The summed E-state index contributed by atoms with van der Waals surface area (Å²) in [6.45, 7) is 7.97. The maximum atomic E-state index is 14.5. The van der Waals surface area contributed by atoms with Crippen molar-refractivity contribution in [1.82, 2.24) is 9.03 Å². The van der Waals surface area contributed by atoms with Crippen LogP contribution < -0.4 is 4.72 Å². The smallest absolute Gasteiger partial charge is 0.269 e. The lowest BCUT2D eigenvalue weighted by molar-refractivity contribution is -0.384. The Morgan fingerprint density at radius 1 is 1.19 bits per heavy atom. The minimum atomic E-state index is -4.28. The first kappa shape index (κ1) is 31.1. The third-order valence-corrected chi connectivity index (χ3v) is 13.4. The molecule has 2 aliphatic carbocycles. The minimum Gasteiger partial charge on any atom is -0.273 e. The van der Waals surface area contributed by atoms with E-state index in [0.717, 1.165) is 47.0 Å². The minimum absolute atomic E-state index is 0.0902. The van der Waals surface area contributed by atoms with Gasteiger partial charge in [-0.2, -0.15) is 0 Å². The molecule has 230 valence electrons. The van der Waals surface area contributed by atoms with Gasteiger partial charge in [0.1, 0.15) is 0 Å². The fourth-order valence-electron chi connectivity index (χ4n) is 7.53. The van der Waals surface area contributed by atoms with E-state index in [1.54, 1.807) is 18.2 Å². The molecule has 2 aromatic rings. The molecule has 3 aliphatic rings. The molecule has 2 aromatic carbocycles. The molecule has 5 rings (SSSR count). The summed E-state index contributed by atoms with van der Waals surface area (Å²) >= 11 is 0. The number of hydrogen-bond donors (Lipinski definition) is 1. The second-order valence-corrected chi connectivity index (χ2v) is 16.0. The van der Waals surface area contributed by atoms with Crippen LogP contribution in [0.1, 0.15) is 51.5 Å². The van der Waals surface area contributed by atoms with Crippen molar-refractivity contribution in [2.24, 2.45) is 22.7 Å². The van der Waals surface area contributed by atoms with E-state index >= 15 is 0 Å². The average molecular weight is 628 g/mol. The summed E-state index contributed by atoms with van der Waals surface area (Å²) in [6.07, 6.45) is 7.66. The third kappa shape index (κ3) is 5.44. The van der Waals surface area contributed by atoms with Crippen LogP contribution in [-0.2, 0) is 24.8 Å². The third-order valence-electron chi connectivity index (χ3n) is 10.0. The van der Waals surface area contributed by atoms with E-state index in [1.807, 2.05) is 30.3 Å². The van der Waals surface area contributed by atoms with Crippen LogP contribution in [0.2, 0.25) is 0 Å². The zero-order chi connectivity index (χ0) is 31.2. The molecule has 1 aliphatic heterocycles. The highest BCUT2D eigenvalue weighted by Crippen LogP contribution is 2.70. The van der Waals surface area contributed by atoms with Crippen molar-refractivity contribution in [2.45, 2.75) is 62.9 Å². The number of nitro benzene ring substituents is 1. The topological polar surface area (TPSA) is 144 Å². The Morgan fingerprint density at radius 2 is 1.86 bits per heavy atom. The van der Waals surface area contributed by atoms with E-state index in [1.165, 1.54) is 0 Å². The molecule has 1 N–H and O–H groups in total. The van der Waals surface area contributed by atoms with Gasteiger partial charge in [0.25, 0.3) is 5.69 Å². The first-order valence-corrected chi connectivity index (χ1v) is 17.5. The van der Waals surface area contributed by atoms with Crippen LogP contribution >= 0.6 is 0 Å². The molecular formula is C31H37N3O7S2.